The molecule has 3 N–H and O–H groups in total. The summed E-state index contributed by atoms with van der Waals surface area (Å²) in [6, 6.07) is 0. The molecule has 84 valence electrons. The van der Waals surface area contributed by atoms with Crippen LogP contribution in [0.2, 0.25) is 0 Å². The average molecular weight is 221 g/mol. The van der Waals surface area contributed by atoms with Crippen LogP contribution in [-0.4, -0.2) is 30.3 Å². The van der Waals surface area contributed by atoms with Crippen LogP contribution in [0.15, 0.2) is 11.1 Å². The highest BCUT2D eigenvalue weighted by Gasteiger charge is 2.12. The van der Waals surface area contributed by atoms with E-state index in [0.717, 1.165) is 6.42 Å². The number of aromatic amines is 2. The fraction of sp³-hybridized carbons (Fsp3) is 0.333. The molecular formula is C9H11N5O2. The smallest absolute Gasteiger partial charge is 0.258 e. The number of aromatic nitrogens is 5. The monoisotopic (exact) mass is 221 g/mol. The summed E-state index contributed by atoms with van der Waals surface area (Å²) in [5.74, 6) is 0.243. The van der Waals surface area contributed by atoms with E-state index in [-0.39, 0.29) is 17.3 Å². The van der Waals surface area contributed by atoms with Gasteiger partial charge >= 0.3 is 0 Å². The van der Waals surface area contributed by atoms with Crippen LogP contribution >= 0.6 is 0 Å². The summed E-state index contributed by atoms with van der Waals surface area (Å²) < 4.78 is 0. The van der Waals surface area contributed by atoms with E-state index in [0.29, 0.717) is 17.8 Å². The van der Waals surface area contributed by atoms with Crippen LogP contribution in [0.25, 0.3) is 11.6 Å². The number of hydrogen-bond acceptors (Lipinski definition) is 5. The van der Waals surface area contributed by atoms with Gasteiger partial charge in [-0.25, -0.2) is 4.98 Å². The molecule has 0 unspecified atom stereocenters. The minimum Gasteiger partial charge on any atom is -0.493 e. The zero-order valence-electron chi connectivity index (χ0n) is 8.69. The van der Waals surface area contributed by atoms with Gasteiger partial charge in [-0.1, -0.05) is 13.3 Å². The lowest BCUT2D eigenvalue weighted by Crippen LogP contribution is -2.15. The quantitative estimate of drug-likeness (QED) is 0.686. The maximum absolute atomic E-state index is 11.6. The highest BCUT2D eigenvalue weighted by atomic mass is 16.3. The van der Waals surface area contributed by atoms with Crippen LogP contribution in [0.5, 0.6) is 5.88 Å². The van der Waals surface area contributed by atoms with Crippen molar-refractivity contribution in [1.29, 1.82) is 0 Å². The third kappa shape index (κ3) is 1.79. The molecular weight excluding hydrogens is 210 g/mol. The number of hydrogen-bond donors (Lipinski definition) is 3. The SMILES string of the molecule is CCCc1c(O)nc(-c2ncn[nH]2)[nH]c1=O. The second kappa shape index (κ2) is 4.13. The van der Waals surface area contributed by atoms with Crippen molar-refractivity contribution in [3.63, 3.8) is 0 Å². The van der Waals surface area contributed by atoms with Crippen LogP contribution in [0.3, 0.4) is 0 Å². The minimum absolute atomic E-state index is 0.180. The van der Waals surface area contributed by atoms with E-state index in [1.807, 2.05) is 6.92 Å². The summed E-state index contributed by atoms with van der Waals surface area (Å²) in [7, 11) is 0. The summed E-state index contributed by atoms with van der Waals surface area (Å²) in [6.07, 6.45) is 2.55. The van der Waals surface area contributed by atoms with Crippen LogP contribution in [0, 0.1) is 0 Å². The third-order valence-electron chi connectivity index (χ3n) is 2.13. The van der Waals surface area contributed by atoms with E-state index in [9.17, 15) is 9.90 Å². The maximum atomic E-state index is 11.6. The van der Waals surface area contributed by atoms with Crippen molar-refractivity contribution >= 4 is 0 Å². The van der Waals surface area contributed by atoms with Crippen LogP contribution in [-0.2, 0) is 6.42 Å². The molecule has 0 aliphatic rings. The molecule has 0 aromatic carbocycles. The first-order valence-corrected chi connectivity index (χ1v) is 4.90. The Bertz CT molecular complexity index is 531. The topological polar surface area (TPSA) is 108 Å². The highest BCUT2D eigenvalue weighted by molar-refractivity contribution is 5.43. The summed E-state index contributed by atoms with van der Waals surface area (Å²) in [4.78, 5) is 21.9. The van der Waals surface area contributed by atoms with E-state index in [2.05, 4.69) is 25.1 Å². The van der Waals surface area contributed by atoms with Crippen molar-refractivity contribution in [3.05, 3.63) is 22.2 Å². The van der Waals surface area contributed by atoms with Crippen molar-refractivity contribution in [2.24, 2.45) is 0 Å². The molecule has 0 atom stereocenters. The Morgan fingerprint density at radius 1 is 1.44 bits per heavy atom. The van der Waals surface area contributed by atoms with Gasteiger partial charge < -0.3 is 10.1 Å². The van der Waals surface area contributed by atoms with Crippen molar-refractivity contribution in [2.45, 2.75) is 19.8 Å². The van der Waals surface area contributed by atoms with E-state index < -0.39 is 0 Å². The first kappa shape index (κ1) is 10.3. The van der Waals surface area contributed by atoms with E-state index >= 15 is 0 Å². The van der Waals surface area contributed by atoms with E-state index in [4.69, 9.17) is 0 Å². The Morgan fingerprint density at radius 3 is 2.81 bits per heavy atom. The Balaban J connectivity index is 2.49. The standard InChI is InChI=1S/C9H11N5O2/c1-2-3-5-8(15)12-7(13-9(5)16)6-10-4-11-14-6/h4H,2-3H2,1H3,(H,10,11,14)(H2,12,13,15,16). The normalized spacial score (nSPS) is 10.6. The predicted molar refractivity (Wildman–Crippen MR) is 55.9 cm³/mol. The molecule has 2 rings (SSSR count). The van der Waals surface area contributed by atoms with Crippen LogP contribution < -0.4 is 5.56 Å². The number of nitrogens with one attached hydrogen (secondary N) is 2. The lowest BCUT2D eigenvalue weighted by Gasteiger charge is -2.02. The first-order valence-electron chi connectivity index (χ1n) is 4.90. The van der Waals surface area contributed by atoms with Gasteiger partial charge in [-0.3, -0.25) is 9.89 Å². The highest BCUT2D eigenvalue weighted by Crippen LogP contribution is 2.14. The van der Waals surface area contributed by atoms with E-state index in [1.54, 1.807) is 0 Å². The Morgan fingerprint density at radius 2 is 2.25 bits per heavy atom. The van der Waals surface area contributed by atoms with Gasteiger partial charge in [0.2, 0.25) is 5.88 Å². The van der Waals surface area contributed by atoms with E-state index in [1.165, 1.54) is 6.33 Å². The molecule has 2 heterocycles. The molecule has 2 aromatic heterocycles. The second-order valence-electron chi connectivity index (χ2n) is 3.30. The summed E-state index contributed by atoms with van der Waals surface area (Å²) in [5, 5.41) is 15.8. The summed E-state index contributed by atoms with van der Waals surface area (Å²) >= 11 is 0. The van der Waals surface area contributed by atoms with Crippen LogP contribution in [0.4, 0.5) is 0 Å². The predicted octanol–water partition coefficient (Wildman–Crippen LogP) is 0.213. The minimum atomic E-state index is -0.347. The fourth-order valence-corrected chi connectivity index (χ4v) is 1.39. The first-order chi connectivity index (χ1) is 7.72. The van der Waals surface area contributed by atoms with Crippen molar-refractivity contribution in [2.75, 3.05) is 0 Å². The zero-order valence-corrected chi connectivity index (χ0v) is 8.69. The molecule has 0 spiro atoms. The molecule has 0 fully saturated rings. The molecule has 7 heteroatoms. The summed E-state index contributed by atoms with van der Waals surface area (Å²) in [5.41, 5.74) is -0.0495. The molecule has 16 heavy (non-hydrogen) atoms. The molecule has 0 amide bonds. The molecule has 0 saturated carbocycles. The van der Waals surface area contributed by atoms with Gasteiger partial charge in [0.1, 0.15) is 6.33 Å². The van der Waals surface area contributed by atoms with Gasteiger partial charge in [-0.05, 0) is 6.42 Å². The molecule has 7 nitrogen and oxygen atoms in total. The van der Waals surface area contributed by atoms with Gasteiger partial charge in [0.05, 0.1) is 5.56 Å². The van der Waals surface area contributed by atoms with Gasteiger partial charge in [-0.15, -0.1) is 0 Å². The molecule has 0 saturated heterocycles. The molecule has 0 aliphatic heterocycles. The molecule has 0 aliphatic carbocycles. The fourth-order valence-electron chi connectivity index (χ4n) is 1.39. The van der Waals surface area contributed by atoms with Crippen molar-refractivity contribution in [3.8, 4) is 17.5 Å². The Kier molecular flexibility index (Phi) is 2.67. The largest absolute Gasteiger partial charge is 0.493 e. The summed E-state index contributed by atoms with van der Waals surface area (Å²) in [6.45, 7) is 1.92. The third-order valence-corrected chi connectivity index (χ3v) is 2.13. The number of aromatic hydroxyl groups is 1. The number of nitrogens with zero attached hydrogens (tertiary/aromatic N) is 3. The number of rotatable bonds is 3. The number of H-pyrrole nitrogens is 2. The maximum Gasteiger partial charge on any atom is 0.258 e. The van der Waals surface area contributed by atoms with Gasteiger partial charge in [0.25, 0.3) is 5.56 Å². The Hall–Kier alpha value is -2.18. The van der Waals surface area contributed by atoms with Crippen molar-refractivity contribution < 1.29 is 5.11 Å². The lowest BCUT2D eigenvalue weighted by molar-refractivity contribution is 0.443. The van der Waals surface area contributed by atoms with Gasteiger partial charge in [0.15, 0.2) is 11.6 Å². The molecule has 2 aromatic rings. The van der Waals surface area contributed by atoms with Crippen LogP contribution in [0.1, 0.15) is 18.9 Å². The Labute approximate surface area is 90.6 Å². The lowest BCUT2D eigenvalue weighted by atomic mass is 10.2. The molecule has 0 radical (unpaired) electrons. The van der Waals surface area contributed by atoms with Crippen molar-refractivity contribution in [1.82, 2.24) is 25.1 Å². The zero-order chi connectivity index (χ0) is 11.5. The van der Waals surface area contributed by atoms with Gasteiger partial charge in [-0.2, -0.15) is 10.1 Å². The molecule has 0 bridgehead atoms. The van der Waals surface area contributed by atoms with Gasteiger partial charge in [0, 0.05) is 0 Å². The second-order valence-corrected chi connectivity index (χ2v) is 3.30. The average Bonchev–Trinajstić information content (AvgIpc) is 2.76.